The van der Waals surface area contributed by atoms with Crippen molar-refractivity contribution in [3.8, 4) is 0 Å². The van der Waals surface area contributed by atoms with E-state index in [2.05, 4.69) is 22.6 Å². The molecule has 2 aromatic carbocycles. The molecule has 0 saturated heterocycles. The summed E-state index contributed by atoms with van der Waals surface area (Å²) in [6.45, 7) is 0. The maximum atomic E-state index is 12.1. The maximum absolute atomic E-state index is 12.1. The number of benzene rings is 2. The van der Waals surface area contributed by atoms with E-state index in [9.17, 15) is 4.79 Å². The highest BCUT2D eigenvalue weighted by Gasteiger charge is 2.09. The number of carbonyl (C=O) groups is 1. The lowest BCUT2D eigenvalue weighted by atomic mass is 10.0. The van der Waals surface area contributed by atoms with Crippen molar-refractivity contribution in [2.45, 2.75) is 6.42 Å². The molecule has 2 rings (SSSR count). The number of carbonyl (C=O) groups excluding carboxylic acids is 1. The van der Waals surface area contributed by atoms with Crippen LogP contribution in [-0.2, 0) is 6.42 Å². The van der Waals surface area contributed by atoms with Crippen LogP contribution in [0.15, 0.2) is 42.5 Å². The van der Waals surface area contributed by atoms with Crippen LogP contribution in [0.2, 0.25) is 10.0 Å². The van der Waals surface area contributed by atoms with Crippen LogP contribution in [0.1, 0.15) is 15.9 Å². The molecule has 0 heterocycles. The Hall–Kier alpha value is -0.580. The normalized spacial score (nSPS) is 10.4. The Morgan fingerprint density at radius 1 is 1.11 bits per heavy atom. The molecule has 0 aliphatic heterocycles. The third-order valence-electron chi connectivity index (χ3n) is 2.50. The van der Waals surface area contributed by atoms with Crippen molar-refractivity contribution in [1.29, 1.82) is 0 Å². The molecule has 1 nitrogen and oxygen atoms in total. The zero-order chi connectivity index (χ0) is 13.1. The second-order valence-corrected chi connectivity index (χ2v) is 5.86. The summed E-state index contributed by atoms with van der Waals surface area (Å²) in [5, 5.41) is 1.24. The van der Waals surface area contributed by atoms with Gasteiger partial charge in [-0.2, -0.15) is 0 Å². The lowest BCUT2D eigenvalue weighted by molar-refractivity contribution is 0.0993. The van der Waals surface area contributed by atoms with Gasteiger partial charge in [0.1, 0.15) is 0 Å². The van der Waals surface area contributed by atoms with Crippen LogP contribution in [0.5, 0.6) is 0 Å². The van der Waals surface area contributed by atoms with Gasteiger partial charge in [0.05, 0.1) is 5.02 Å². The Morgan fingerprint density at radius 2 is 1.89 bits per heavy atom. The van der Waals surface area contributed by atoms with Crippen molar-refractivity contribution >= 4 is 51.6 Å². The fourth-order valence-electron chi connectivity index (χ4n) is 1.60. The molecular formula is C14H9Cl2IO. The zero-order valence-electron chi connectivity index (χ0n) is 9.29. The van der Waals surface area contributed by atoms with Gasteiger partial charge < -0.3 is 0 Å². The van der Waals surface area contributed by atoms with E-state index in [4.69, 9.17) is 23.2 Å². The molecule has 0 N–H and O–H groups in total. The van der Waals surface area contributed by atoms with Crippen LogP contribution in [0.25, 0.3) is 0 Å². The Kier molecular flexibility index (Phi) is 4.65. The Bertz CT molecular complexity index is 596. The molecule has 92 valence electrons. The molecule has 0 aliphatic carbocycles. The molecule has 0 aliphatic rings. The molecule has 0 radical (unpaired) electrons. The number of hydrogen-bond acceptors (Lipinski definition) is 1. The molecule has 0 saturated carbocycles. The highest BCUT2D eigenvalue weighted by Crippen LogP contribution is 2.21. The van der Waals surface area contributed by atoms with Crippen molar-refractivity contribution in [1.82, 2.24) is 0 Å². The summed E-state index contributed by atoms with van der Waals surface area (Å²) in [4.78, 5) is 12.1. The van der Waals surface area contributed by atoms with Gasteiger partial charge in [0, 0.05) is 20.6 Å². The second-order valence-electron chi connectivity index (χ2n) is 3.86. The van der Waals surface area contributed by atoms with Crippen molar-refractivity contribution in [2.75, 3.05) is 0 Å². The van der Waals surface area contributed by atoms with Gasteiger partial charge in [-0.15, -0.1) is 0 Å². The van der Waals surface area contributed by atoms with Crippen molar-refractivity contribution < 1.29 is 4.79 Å². The van der Waals surface area contributed by atoms with Crippen LogP contribution in [0.3, 0.4) is 0 Å². The van der Waals surface area contributed by atoms with E-state index in [1.54, 1.807) is 24.3 Å². The van der Waals surface area contributed by atoms with Gasteiger partial charge in [0.15, 0.2) is 5.78 Å². The standard InChI is InChI=1S/C14H9Cl2IO/c15-11-3-1-2-9(6-11)7-14(18)10-4-5-13(17)12(16)8-10/h1-6,8H,7H2. The number of halogens is 3. The first-order valence-corrected chi connectivity index (χ1v) is 7.12. The molecular weight excluding hydrogens is 382 g/mol. The van der Waals surface area contributed by atoms with Crippen LogP contribution >= 0.6 is 45.8 Å². The fraction of sp³-hybridized carbons (Fsp3) is 0.0714. The Labute approximate surface area is 129 Å². The summed E-state index contributed by atoms with van der Waals surface area (Å²) in [7, 11) is 0. The number of ketones is 1. The summed E-state index contributed by atoms with van der Waals surface area (Å²) in [5.74, 6) is 0.0376. The largest absolute Gasteiger partial charge is 0.294 e. The van der Waals surface area contributed by atoms with E-state index < -0.39 is 0 Å². The molecule has 0 unspecified atom stereocenters. The molecule has 18 heavy (non-hydrogen) atoms. The van der Waals surface area contributed by atoms with Gasteiger partial charge in [-0.25, -0.2) is 0 Å². The highest BCUT2D eigenvalue weighted by molar-refractivity contribution is 14.1. The van der Waals surface area contributed by atoms with Crippen molar-refractivity contribution in [2.24, 2.45) is 0 Å². The van der Waals surface area contributed by atoms with Crippen LogP contribution in [0.4, 0.5) is 0 Å². The Morgan fingerprint density at radius 3 is 2.56 bits per heavy atom. The fourth-order valence-corrected chi connectivity index (χ4v) is 2.33. The third-order valence-corrected chi connectivity index (χ3v) is 4.30. The number of rotatable bonds is 3. The van der Waals surface area contributed by atoms with Crippen molar-refractivity contribution in [3.05, 3.63) is 67.2 Å². The maximum Gasteiger partial charge on any atom is 0.167 e. The van der Waals surface area contributed by atoms with Crippen LogP contribution in [-0.4, -0.2) is 5.78 Å². The number of hydrogen-bond donors (Lipinski definition) is 0. The summed E-state index contributed by atoms with van der Waals surface area (Å²) in [6.07, 6.45) is 0.331. The molecule has 0 bridgehead atoms. The average molecular weight is 391 g/mol. The van der Waals surface area contributed by atoms with Gasteiger partial charge in [0.2, 0.25) is 0 Å². The molecule has 0 amide bonds. The summed E-state index contributed by atoms with van der Waals surface area (Å²) in [6, 6.07) is 12.7. The lowest BCUT2D eigenvalue weighted by Gasteiger charge is -2.04. The van der Waals surface area contributed by atoms with Crippen LogP contribution in [0, 0.1) is 3.57 Å². The van der Waals surface area contributed by atoms with Gasteiger partial charge in [-0.1, -0.05) is 41.4 Å². The predicted molar refractivity (Wildman–Crippen MR) is 83.7 cm³/mol. The second kappa shape index (κ2) is 6.04. The monoisotopic (exact) mass is 390 g/mol. The third kappa shape index (κ3) is 3.46. The minimum Gasteiger partial charge on any atom is -0.294 e. The quantitative estimate of drug-likeness (QED) is 0.531. The van der Waals surface area contributed by atoms with E-state index in [0.717, 1.165) is 9.13 Å². The molecule has 0 atom stereocenters. The van der Waals surface area contributed by atoms with E-state index in [1.165, 1.54) is 0 Å². The van der Waals surface area contributed by atoms with Gasteiger partial charge in [-0.05, 0) is 52.4 Å². The topological polar surface area (TPSA) is 17.1 Å². The first-order valence-electron chi connectivity index (χ1n) is 5.29. The first-order chi connectivity index (χ1) is 8.56. The predicted octanol–water partition coefficient (Wildman–Crippen LogP) is 5.02. The molecule has 0 aromatic heterocycles. The van der Waals surface area contributed by atoms with Gasteiger partial charge in [0.25, 0.3) is 0 Å². The SMILES string of the molecule is O=C(Cc1cccc(Cl)c1)c1ccc(I)c(Cl)c1. The number of Topliss-reactive ketones (excluding diaryl/α,β-unsaturated/α-hetero) is 1. The van der Waals surface area contributed by atoms with E-state index in [1.807, 2.05) is 18.2 Å². The van der Waals surface area contributed by atoms with E-state index in [0.29, 0.717) is 22.0 Å². The molecule has 4 heteroatoms. The minimum absolute atomic E-state index is 0.0376. The summed E-state index contributed by atoms with van der Waals surface area (Å²) >= 11 is 14.0. The first kappa shape index (κ1) is 13.8. The van der Waals surface area contributed by atoms with Gasteiger partial charge in [-0.3, -0.25) is 4.79 Å². The molecule has 0 spiro atoms. The molecule has 0 fully saturated rings. The van der Waals surface area contributed by atoms with Gasteiger partial charge >= 0.3 is 0 Å². The van der Waals surface area contributed by atoms with E-state index >= 15 is 0 Å². The van der Waals surface area contributed by atoms with Crippen LogP contribution < -0.4 is 0 Å². The Balaban J connectivity index is 2.19. The van der Waals surface area contributed by atoms with Crippen molar-refractivity contribution in [3.63, 3.8) is 0 Å². The summed E-state index contributed by atoms with van der Waals surface area (Å²) < 4.78 is 0.938. The molecule has 2 aromatic rings. The minimum atomic E-state index is 0.0376. The smallest absolute Gasteiger partial charge is 0.167 e. The lowest BCUT2D eigenvalue weighted by Crippen LogP contribution is -2.03. The average Bonchev–Trinajstić information content (AvgIpc) is 2.32. The summed E-state index contributed by atoms with van der Waals surface area (Å²) in [5.41, 5.74) is 1.53. The zero-order valence-corrected chi connectivity index (χ0v) is 13.0. The van der Waals surface area contributed by atoms with E-state index in [-0.39, 0.29) is 5.78 Å². The highest BCUT2D eigenvalue weighted by atomic mass is 127.